The summed E-state index contributed by atoms with van der Waals surface area (Å²) in [7, 11) is -3.35. The van der Waals surface area contributed by atoms with Gasteiger partial charge in [-0.25, -0.2) is 8.42 Å². The predicted molar refractivity (Wildman–Crippen MR) is 188 cm³/mol. The number of halogens is 2. The van der Waals surface area contributed by atoms with Crippen molar-refractivity contribution in [2.24, 2.45) is 0 Å². The molecule has 0 radical (unpaired) electrons. The average molecular weight is 693 g/mol. The minimum absolute atomic E-state index is 0.240. The molecule has 1 saturated heterocycles. The molecule has 11 heteroatoms. The number of aromatic nitrogens is 2. The number of β-amino-alcohol motifs (C(OH)–C–C–N with tert-alkyl or cyclic N) is 1. The number of hydrogen-bond acceptors (Lipinski definition) is 6. The summed E-state index contributed by atoms with van der Waals surface area (Å²) in [4.78, 5) is 2.28. The lowest BCUT2D eigenvalue weighted by Crippen LogP contribution is -2.35. The van der Waals surface area contributed by atoms with Gasteiger partial charge in [0.25, 0.3) is 0 Å². The minimum atomic E-state index is -3.35. The minimum Gasteiger partial charge on any atom is -0.392 e. The zero-order valence-corrected chi connectivity index (χ0v) is 28.8. The van der Waals surface area contributed by atoms with Gasteiger partial charge < -0.3 is 15.3 Å². The Labute approximate surface area is 287 Å². The molecule has 1 fully saturated rings. The van der Waals surface area contributed by atoms with Crippen LogP contribution in [0.3, 0.4) is 0 Å². The first kappa shape index (κ1) is 33.7. The highest BCUT2D eigenvalue weighted by Crippen LogP contribution is 2.33. The third kappa shape index (κ3) is 8.64. The van der Waals surface area contributed by atoms with Crippen molar-refractivity contribution in [1.29, 1.82) is 0 Å². The molecule has 1 atom stereocenters. The van der Waals surface area contributed by atoms with E-state index in [1.807, 2.05) is 59.3 Å². The van der Waals surface area contributed by atoms with E-state index in [4.69, 9.17) is 28.3 Å². The number of aliphatic hydroxyl groups is 1. The zero-order valence-electron chi connectivity index (χ0n) is 26.4. The number of benzene rings is 3. The molecule has 1 aromatic heterocycles. The van der Waals surface area contributed by atoms with Crippen LogP contribution in [0.5, 0.6) is 0 Å². The van der Waals surface area contributed by atoms with Crippen molar-refractivity contribution in [3.63, 3.8) is 0 Å². The third-order valence-corrected chi connectivity index (χ3v) is 10.6. The maximum absolute atomic E-state index is 12.5. The zero-order chi connectivity index (χ0) is 33.0. The van der Waals surface area contributed by atoms with E-state index in [9.17, 15) is 13.5 Å². The first-order valence-corrected chi connectivity index (χ1v) is 18.5. The predicted octanol–water partition coefficient (Wildman–Crippen LogP) is 5.32. The van der Waals surface area contributed by atoms with E-state index in [2.05, 4.69) is 34.2 Å². The highest BCUT2D eigenvalue weighted by molar-refractivity contribution is 7.88. The molecule has 8 nitrogen and oxygen atoms in total. The fourth-order valence-electron chi connectivity index (χ4n) is 6.19. The van der Waals surface area contributed by atoms with Crippen LogP contribution in [0, 0.1) is 11.8 Å². The van der Waals surface area contributed by atoms with Crippen molar-refractivity contribution in [3.8, 4) is 23.1 Å². The highest BCUT2D eigenvalue weighted by atomic mass is 35.5. The average Bonchev–Trinajstić information content (AvgIpc) is 3.64. The molecular weight excluding hydrogens is 653 g/mol. The third-order valence-electron chi connectivity index (χ3n) is 8.77. The Morgan fingerprint density at radius 2 is 1.68 bits per heavy atom. The Hall–Kier alpha value is -3.20. The molecule has 0 spiro atoms. The van der Waals surface area contributed by atoms with Crippen LogP contribution in [0.25, 0.3) is 11.3 Å². The monoisotopic (exact) mass is 691 g/mol. The summed E-state index contributed by atoms with van der Waals surface area (Å²) in [5.74, 6) is 6.49. The Kier molecular flexibility index (Phi) is 10.7. The van der Waals surface area contributed by atoms with Crippen molar-refractivity contribution >= 4 is 33.2 Å². The summed E-state index contributed by atoms with van der Waals surface area (Å²) < 4.78 is 28.5. The van der Waals surface area contributed by atoms with Gasteiger partial charge in [-0.15, -0.1) is 0 Å². The molecule has 6 rings (SSSR count). The summed E-state index contributed by atoms with van der Waals surface area (Å²) in [5, 5.41) is 19.6. The van der Waals surface area contributed by atoms with Gasteiger partial charge in [0.05, 0.1) is 23.1 Å². The van der Waals surface area contributed by atoms with Crippen molar-refractivity contribution in [3.05, 3.63) is 110 Å². The molecule has 0 saturated carbocycles. The molecule has 3 heterocycles. The van der Waals surface area contributed by atoms with Crippen molar-refractivity contribution in [2.45, 2.75) is 51.5 Å². The van der Waals surface area contributed by atoms with Gasteiger partial charge >= 0.3 is 0 Å². The molecule has 246 valence electrons. The van der Waals surface area contributed by atoms with Gasteiger partial charge in [-0.2, -0.15) is 9.40 Å². The quantitative estimate of drug-likeness (QED) is 0.219. The van der Waals surface area contributed by atoms with Gasteiger partial charge in [-0.1, -0.05) is 65.4 Å². The van der Waals surface area contributed by atoms with Crippen molar-refractivity contribution in [2.75, 3.05) is 32.4 Å². The van der Waals surface area contributed by atoms with Gasteiger partial charge in [0.1, 0.15) is 0 Å². The molecule has 47 heavy (non-hydrogen) atoms. The van der Waals surface area contributed by atoms with Gasteiger partial charge in [0.15, 0.2) is 0 Å². The van der Waals surface area contributed by atoms with Gasteiger partial charge in [-0.05, 0) is 60.4 Å². The van der Waals surface area contributed by atoms with Crippen LogP contribution in [0.1, 0.15) is 46.4 Å². The van der Waals surface area contributed by atoms with Crippen molar-refractivity contribution < 1.29 is 13.5 Å². The van der Waals surface area contributed by atoms with E-state index >= 15 is 0 Å². The van der Waals surface area contributed by atoms with E-state index in [-0.39, 0.29) is 12.6 Å². The molecule has 3 aromatic carbocycles. The number of aryl methyl sites for hydroxylation is 1. The van der Waals surface area contributed by atoms with E-state index < -0.39 is 10.0 Å². The van der Waals surface area contributed by atoms with E-state index in [0.29, 0.717) is 30.1 Å². The fraction of sp³-hybridized carbons (Fsp3) is 0.361. The molecule has 0 aliphatic carbocycles. The topological polar surface area (TPSA) is 90.7 Å². The molecule has 2 aliphatic rings. The number of fused-ring (bicyclic) bond motifs is 1. The van der Waals surface area contributed by atoms with Crippen molar-refractivity contribution in [1.82, 2.24) is 24.3 Å². The first-order chi connectivity index (χ1) is 22.6. The Balaban J connectivity index is 1.18. The SMILES string of the molecule is CS(=O)(=O)N1CCc2c(c(-c3ccc(Cl)c(C#Cc4ccc(CNCc5ccc(Cl)cc5)cc4)c3)nn2CCCN2CC[C@@H](O)C2)C1. The van der Waals surface area contributed by atoms with Gasteiger partial charge in [0, 0.05) is 91.7 Å². The Bertz CT molecular complexity index is 1880. The van der Waals surface area contributed by atoms with Crippen LogP contribution in [0.15, 0.2) is 66.7 Å². The molecule has 0 amide bonds. The first-order valence-electron chi connectivity index (χ1n) is 15.9. The fourth-order valence-corrected chi connectivity index (χ4v) is 7.27. The summed E-state index contributed by atoms with van der Waals surface area (Å²) in [6.45, 7) is 5.44. The number of rotatable bonds is 10. The number of sulfonamides is 1. The lowest BCUT2D eigenvalue weighted by Gasteiger charge is -2.26. The smallest absolute Gasteiger partial charge is 0.211 e. The summed E-state index contributed by atoms with van der Waals surface area (Å²) in [5.41, 5.74) is 7.52. The molecule has 0 unspecified atom stereocenters. The van der Waals surface area contributed by atoms with E-state index in [0.717, 1.165) is 84.2 Å². The maximum atomic E-state index is 12.5. The summed E-state index contributed by atoms with van der Waals surface area (Å²) in [6, 6.07) is 21.7. The standard InChI is InChI=1S/C36H39Cl2N5O3S/c1-47(45,46)42-20-16-35-33(25-42)36(40-43(35)18-2-17-41-19-15-32(44)24-41)30-11-14-34(38)29(21-30)10-7-26-3-5-27(6-4-26)22-39-23-28-8-12-31(37)13-9-28/h3-6,8-9,11-14,21,32,39,44H,2,15-20,22-25H2,1H3/t32-/m1/s1. The van der Waals surface area contributed by atoms with E-state index in [1.54, 1.807) is 0 Å². The number of aliphatic hydroxyl groups excluding tert-OH is 1. The van der Waals surface area contributed by atoms with Crippen LogP contribution < -0.4 is 5.32 Å². The summed E-state index contributed by atoms with van der Waals surface area (Å²) in [6.07, 6.45) is 3.33. The number of nitrogens with zero attached hydrogens (tertiary/aromatic N) is 4. The number of likely N-dealkylation sites (tertiary alicyclic amines) is 1. The highest BCUT2D eigenvalue weighted by Gasteiger charge is 2.30. The number of hydrogen-bond donors (Lipinski definition) is 2. The second-order valence-electron chi connectivity index (χ2n) is 12.3. The second-order valence-corrected chi connectivity index (χ2v) is 15.1. The normalized spacial score (nSPS) is 17.0. The summed E-state index contributed by atoms with van der Waals surface area (Å²) >= 11 is 12.6. The van der Waals surface area contributed by atoms with Crippen LogP contribution in [0.4, 0.5) is 0 Å². The Morgan fingerprint density at radius 3 is 2.36 bits per heavy atom. The van der Waals surface area contributed by atoms with Crippen LogP contribution in [-0.2, 0) is 42.6 Å². The lowest BCUT2D eigenvalue weighted by atomic mass is 10.0. The van der Waals surface area contributed by atoms with E-state index in [1.165, 1.54) is 16.1 Å². The molecule has 2 aliphatic heterocycles. The Morgan fingerprint density at radius 1 is 0.957 bits per heavy atom. The molecule has 4 aromatic rings. The van der Waals surface area contributed by atoms with Crippen LogP contribution in [-0.4, -0.2) is 71.0 Å². The van der Waals surface area contributed by atoms with Gasteiger partial charge in [-0.3, -0.25) is 4.68 Å². The maximum Gasteiger partial charge on any atom is 0.211 e. The molecular formula is C36H39Cl2N5O3S. The van der Waals surface area contributed by atoms with Crippen LogP contribution >= 0.6 is 23.2 Å². The lowest BCUT2D eigenvalue weighted by molar-refractivity contribution is 0.175. The number of nitrogens with one attached hydrogen (secondary N) is 1. The molecule has 0 bridgehead atoms. The largest absolute Gasteiger partial charge is 0.392 e. The van der Waals surface area contributed by atoms with Gasteiger partial charge in [0.2, 0.25) is 10.0 Å². The second kappa shape index (κ2) is 14.9. The van der Waals surface area contributed by atoms with Crippen LogP contribution in [0.2, 0.25) is 10.0 Å². The molecule has 2 N–H and O–H groups in total.